The van der Waals surface area contributed by atoms with Crippen molar-refractivity contribution < 1.29 is 19.1 Å². The van der Waals surface area contributed by atoms with Gasteiger partial charge in [-0.3, -0.25) is 9.69 Å². The van der Waals surface area contributed by atoms with Crippen molar-refractivity contribution in [3.63, 3.8) is 0 Å². The first-order valence-corrected chi connectivity index (χ1v) is 9.71. The van der Waals surface area contributed by atoms with Crippen LogP contribution in [-0.2, 0) is 15.2 Å². The standard InChI is InChI=1S/C24H22N2O4/c1-3-30-23(28)24(17-11-5-4-6-12-17)25-19-14-8-7-13-18(19)22(27)26(24)20-15-9-10-16-21(20)29-2/h4-16,25H,3H2,1-2H3/t24-/m1/s1. The summed E-state index contributed by atoms with van der Waals surface area (Å²) in [7, 11) is 1.53. The number of rotatable bonds is 5. The summed E-state index contributed by atoms with van der Waals surface area (Å²) in [5.74, 6) is -0.438. The van der Waals surface area contributed by atoms with Gasteiger partial charge in [0.2, 0.25) is 5.66 Å². The molecule has 0 aliphatic carbocycles. The Labute approximate surface area is 175 Å². The molecule has 6 nitrogen and oxygen atoms in total. The SMILES string of the molecule is CCOC(=O)[C@]1(c2ccccc2)Nc2ccccc2C(=O)N1c1ccccc1OC. The molecule has 0 unspecified atom stereocenters. The van der Waals surface area contributed by atoms with Gasteiger partial charge in [-0.05, 0) is 31.2 Å². The maximum atomic E-state index is 13.8. The third kappa shape index (κ3) is 2.97. The van der Waals surface area contributed by atoms with Gasteiger partial charge in [-0.2, -0.15) is 0 Å². The normalized spacial score (nSPS) is 17.7. The Balaban J connectivity index is 2.06. The lowest BCUT2D eigenvalue weighted by molar-refractivity contribution is -0.148. The smallest absolute Gasteiger partial charge is 0.358 e. The number of hydrogen-bond acceptors (Lipinski definition) is 5. The second kappa shape index (κ2) is 7.91. The van der Waals surface area contributed by atoms with Gasteiger partial charge < -0.3 is 14.8 Å². The topological polar surface area (TPSA) is 67.9 Å². The lowest BCUT2D eigenvalue weighted by Gasteiger charge is -2.46. The summed E-state index contributed by atoms with van der Waals surface area (Å²) in [6, 6.07) is 23.3. The quantitative estimate of drug-likeness (QED) is 0.649. The molecule has 0 saturated carbocycles. The monoisotopic (exact) mass is 402 g/mol. The molecule has 3 aromatic carbocycles. The molecule has 1 N–H and O–H groups in total. The number of nitrogens with one attached hydrogen (secondary N) is 1. The van der Waals surface area contributed by atoms with Crippen LogP contribution in [0.2, 0.25) is 0 Å². The van der Waals surface area contributed by atoms with Gasteiger partial charge in [0.1, 0.15) is 5.75 Å². The molecule has 1 amide bonds. The number of anilines is 2. The Morgan fingerprint density at radius 1 is 0.967 bits per heavy atom. The Morgan fingerprint density at radius 2 is 1.63 bits per heavy atom. The molecule has 0 bridgehead atoms. The number of carbonyl (C=O) groups excluding carboxylic acids is 2. The van der Waals surface area contributed by atoms with E-state index >= 15 is 0 Å². The van der Waals surface area contributed by atoms with Crippen LogP contribution < -0.4 is 15.0 Å². The number of hydrogen-bond donors (Lipinski definition) is 1. The average molecular weight is 402 g/mol. The fraction of sp³-hybridized carbons (Fsp3) is 0.167. The number of benzene rings is 3. The molecule has 1 atom stereocenters. The number of methoxy groups -OCH3 is 1. The Kier molecular flexibility index (Phi) is 5.14. The predicted molar refractivity (Wildman–Crippen MR) is 115 cm³/mol. The van der Waals surface area contributed by atoms with Crippen LogP contribution in [0.5, 0.6) is 5.75 Å². The minimum atomic E-state index is -1.60. The molecular formula is C24H22N2O4. The van der Waals surface area contributed by atoms with Gasteiger partial charge >= 0.3 is 5.97 Å². The molecule has 0 aromatic heterocycles. The second-order valence-electron chi connectivity index (χ2n) is 6.78. The van der Waals surface area contributed by atoms with E-state index in [0.717, 1.165) is 0 Å². The highest BCUT2D eigenvalue weighted by molar-refractivity contribution is 6.17. The lowest BCUT2D eigenvalue weighted by Crippen LogP contribution is -2.63. The first-order valence-electron chi connectivity index (χ1n) is 9.71. The largest absolute Gasteiger partial charge is 0.495 e. The van der Waals surface area contributed by atoms with Crippen molar-refractivity contribution in [2.24, 2.45) is 0 Å². The third-order valence-electron chi connectivity index (χ3n) is 5.10. The number of amides is 1. The van der Waals surface area contributed by atoms with E-state index in [2.05, 4.69) is 5.32 Å². The van der Waals surface area contributed by atoms with Crippen molar-refractivity contribution >= 4 is 23.3 Å². The average Bonchev–Trinajstić information content (AvgIpc) is 2.79. The maximum Gasteiger partial charge on any atom is 0.358 e. The highest BCUT2D eigenvalue weighted by atomic mass is 16.5. The van der Waals surface area contributed by atoms with E-state index in [-0.39, 0.29) is 12.5 Å². The van der Waals surface area contributed by atoms with Crippen molar-refractivity contribution in [1.82, 2.24) is 0 Å². The van der Waals surface area contributed by atoms with Crippen molar-refractivity contribution in [3.8, 4) is 5.75 Å². The van der Waals surface area contributed by atoms with E-state index in [1.54, 1.807) is 55.5 Å². The fourth-order valence-electron chi connectivity index (χ4n) is 3.78. The summed E-state index contributed by atoms with van der Waals surface area (Å²) >= 11 is 0. The highest BCUT2D eigenvalue weighted by Crippen LogP contribution is 2.44. The third-order valence-corrected chi connectivity index (χ3v) is 5.10. The van der Waals surface area contributed by atoms with E-state index in [9.17, 15) is 9.59 Å². The lowest BCUT2D eigenvalue weighted by atomic mass is 9.91. The van der Waals surface area contributed by atoms with Crippen LogP contribution in [0.4, 0.5) is 11.4 Å². The number of para-hydroxylation sites is 3. The zero-order valence-electron chi connectivity index (χ0n) is 16.8. The van der Waals surface area contributed by atoms with E-state index < -0.39 is 11.6 Å². The maximum absolute atomic E-state index is 13.8. The number of fused-ring (bicyclic) bond motifs is 1. The van der Waals surface area contributed by atoms with E-state index in [1.807, 2.05) is 30.3 Å². The van der Waals surface area contributed by atoms with Gasteiger partial charge in [-0.25, -0.2) is 4.79 Å². The number of esters is 1. The number of ether oxygens (including phenoxy) is 2. The fourth-order valence-corrected chi connectivity index (χ4v) is 3.78. The second-order valence-corrected chi connectivity index (χ2v) is 6.78. The summed E-state index contributed by atoms with van der Waals surface area (Å²) in [5, 5.41) is 3.32. The molecule has 4 rings (SSSR count). The molecule has 1 heterocycles. The van der Waals surface area contributed by atoms with E-state index in [0.29, 0.717) is 28.3 Å². The van der Waals surface area contributed by atoms with Crippen LogP contribution in [0.3, 0.4) is 0 Å². The van der Waals surface area contributed by atoms with Crippen LogP contribution in [0, 0.1) is 0 Å². The molecule has 0 fully saturated rings. The summed E-state index contributed by atoms with van der Waals surface area (Å²) in [4.78, 5) is 28.8. The van der Waals surface area contributed by atoms with Crippen molar-refractivity contribution in [2.45, 2.75) is 12.6 Å². The van der Waals surface area contributed by atoms with Gasteiger partial charge in [-0.15, -0.1) is 0 Å². The number of carbonyl (C=O) groups is 2. The van der Waals surface area contributed by atoms with Crippen LogP contribution in [0.25, 0.3) is 0 Å². The predicted octanol–water partition coefficient (Wildman–Crippen LogP) is 4.18. The number of nitrogens with zero attached hydrogens (tertiary/aromatic N) is 1. The van der Waals surface area contributed by atoms with Crippen LogP contribution in [0.15, 0.2) is 78.9 Å². The van der Waals surface area contributed by atoms with Crippen LogP contribution in [-0.4, -0.2) is 25.6 Å². The Hall–Kier alpha value is -3.80. The molecule has 1 aliphatic rings. The Morgan fingerprint density at radius 3 is 2.37 bits per heavy atom. The molecule has 1 aliphatic heterocycles. The zero-order valence-corrected chi connectivity index (χ0v) is 16.8. The molecule has 0 spiro atoms. The van der Waals surface area contributed by atoms with E-state index in [1.165, 1.54) is 12.0 Å². The molecule has 3 aromatic rings. The van der Waals surface area contributed by atoms with E-state index in [4.69, 9.17) is 9.47 Å². The van der Waals surface area contributed by atoms with Gasteiger partial charge in [0, 0.05) is 11.3 Å². The first kappa shape index (κ1) is 19.5. The van der Waals surface area contributed by atoms with Crippen LogP contribution in [0.1, 0.15) is 22.8 Å². The summed E-state index contributed by atoms with van der Waals surface area (Å²) in [6.45, 7) is 1.91. The van der Waals surface area contributed by atoms with Gasteiger partial charge in [0.15, 0.2) is 0 Å². The summed E-state index contributed by atoms with van der Waals surface area (Å²) in [5.41, 5.74) is 0.461. The van der Waals surface area contributed by atoms with Crippen molar-refractivity contribution in [2.75, 3.05) is 23.9 Å². The highest BCUT2D eigenvalue weighted by Gasteiger charge is 2.54. The molecule has 30 heavy (non-hydrogen) atoms. The first-order chi connectivity index (χ1) is 14.6. The van der Waals surface area contributed by atoms with Crippen LogP contribution >= 0.6 is 0 Å². The van der Waals surface area contributed by atoms with Crippen molar-refractivity contribution in [1.29, 1.82) is 0 Å². The van der Waals surface area contributed by atoms with Gasteiger partial charge in [-0.1, -0.05) is 54.6 Å². The summed E-state index contributed by atoms with van der Waals surface area (Å²) < 4.78 is 11.0. The molecule has 0 radical (unpaired) electrons. The Bertz CT molecular complexity index is 1080. The zero-order chi connectivity index (χ0) is 21.1. The van der Waals surface area contributed by atoms with Crippen molar-refractivity contribution in [3.05, 3.63) is 90.0 Å². The minimum Gasteiger partial charge on any atom is -0.495 e. The minimum absolute atomic E-state index is 0.171. The van der Waals surface area contributed by atoms with Gasteiger partial charge in [0.05, 0.1) is 25.0 Å². The molecule has 6 heteroatoms. The van der Waals surface area contributed by atoms with Gasteiger partial charge in [0.25, 0.3) is 5.91 Å². The molecule has 0 saturated heterocycles. The summed E-state index contributed by atoms with van der Waals surface area (Å²) in [6.07, 6.45) is 0. The molecular weight excluding hydrogens is 380 g/mol. The molecule has 152 valence electrons.